The Bertz CT molecular complexity index is 624. The minimum absolute atomic E-state index is 0.00953. The summed E-state index contributed by atoms with van der Waals surface area (Å²) >= 11 is 0. The van der Waals surface area contributed by atoms with Crippen LogP contribution in [0.2, 0.25) is 0 Å². The second kappa shape index (κ2) is 5.25. The normalized spacial score (nSPS) is 18.8. The number of nitrogens with one attached hydrogen (secondary N) is 1. The van der Waals surface area contributed by atoms with E-state index in [-0.39, 0.29) is 17.9 Å². The van der Waals surface area contributed by atoms with Crippen LogP contribution in [-0.2, 0) is 6.42 Å². The molecule has 0 saturated heterocycles. The smallest absolute Gasteiger partial charge is 0.127 e. The van der Waals surface area contributed by atoms with Crippen LogP contribution in [0.4, 0.5) is 10.1 Å². The van der Waals surface area contributed by atoms with E-state index in [1.807, 2.05) is 31.2 Å². The van der Waals surface area contributed by atoms with Crippen molar-refractivity contribution in [3.05, 3.63) is 65.0 Å². The van der Waals surface area contributed by atoms with Crippen molar-refractivity contribution in [1.29, 1.82) is 0 Å². The number of hydrogen-bond donors (Lipinski definition) is 2. The van der Waals surface area contributed by atoms with Crippen LogP contribution in [-0.4, -0.2) is 0 Å². The molecular formula is C17H19FN2. The quantitative estimate of drug-likeness (QED) is 0.834. The van der Waals surface area contributed by atoms with Gasteiger partial charge in [0, 0.05) is 23.3 Å². The van der Waals surface area contributed by atoms with E-state index in [1.54, 1.807) is 6.07 Å². The predicted octanol–water partition coefficient (Wildman–Crippen LogP) is 3.75. The lowest BCUT2D eigenvalue weighted by atomic mass is 10.0. The molecular weight excluding hydrogens is 251 g/mol. The summed E-state index contributed by atoms with van der Waals surface area (Å²) in [5.41, 5.74) is 9.95. The number of hydrogen-bond acceptors (Lipinski definition) is 2. The molecule has 2 aromatic carbocycles. The standard InChI is InChI=1S/C17H19FN2/c1-11(14-4-2-3-5-16(14)18)20-17-9-6-12-10-13(19)7-8-15(12)17/h2-5,7-8,10-11,17,20H,6,9,19H2,1H3/t11-,17?/m1/s1. The molecule has 3 heteroatoms. The number of halogens is 1. The number of anilines is 1. The van der Waals surface area contributed by atoms with Gasteiger partial charge >= 0.3 is 0 Å². The topological polar surface area (TPSA) is 38.0 Å². The van der Waals surface area contributed by atoms with E-state index < -0.39 is 0 Å². The van der Waals surface area contributed by atoms with Gasteiger partial charge in [-0.2, -0.15) is 0 Å². The van der Waals surface area contributed by atoms with Gasteiger partial charge in [-0.05, 0) is 49.1 Å². The fourth-order valence-corrected chi connectivity index (χ4v) is 3.03. The molecule has 0 aliphatic heterocycles. The first-order valence-electron chi connectivity index (χ1n) is 7.04. The zero-order valence-corrected chi connectivity index (χ0v) is 11.6. The van der Waals surface area contributed by atoms with Gasteiger partial charge in [0.05, 0.1) is 0 Å². The second-order valence-corrected chi connectivity index (χ2v) is 5.46. The Morgan fingerprint density at radius 2 is 2.05 bits per heavy atom. The van der Waals surface area contributed by atoms with E-state index in [9.17, 15) is 4.39 Å². The molecule has 0 amide bonds. The van der Waals surface area contributed by atoms with Crippen molar-refractivity contribution in [1.82, 2.24) is 5.32 Å². The fraction of sp³-hybridized carbons (Fsp3) is 0.294. The van der Waals surface area contributed by atoms with Crippen LogP contribution >= 0.6 is 0 Å². The Hall–Kier alpha value is -1.87. The molecule has 1 unspecified atom stereocenters. The Labute approximate surface area is 118 Å². The average Bonchev–Trinajstić information content (AvgIpc) is 2.81. The first-order chi connectivity index (χ1) is 9.65. The van der Waals surface area contributed by atoms with Crippen LogP contribution in [0.1, 0.15) is 42.1 Å². The number of fused-ring (bicyclic) bond motifs is 1. The number of nitrogen functional groups attached to an aromatic ring is 1. The highest BCUT2D eigenvalue weighted by Crippen LogP contribution is 2.34. The summed E-state index contributed by atoms with van der Waals surface area (Å²) < 4.78 is 13.8. The van der Waals surface area contributed by atoms with Crippen LogP contribution in [0.5, 0.6) is 0 Å². The zero-order chi connectivity index (χ0) is 14.1. The summed E-state index contributed by atoms with van der Waals surface area (Å²) in [6.45, 7) is 2.01. The number of benzene rings is 2. The monoisotopic (exact) mass is 270 g/mol. The van der Waals surface area contributed by atoms with Crippen molar-refractivity contribution in [2.75, 3.05) is 5.73 Å². The van der Waals surface area contributed by atoms with Crippen molar-refractivity contribution in [2.24, 2.45) is 0 Å². The Balaban J connectivity index is 1.79. The lowest BCUT2D eigenvalue weighted by Gasteiger charge is -2.21. The summed E-state index contributed by atoms with van der Waals surface area (Å²) in [4.78, 5) is 0. The Morgan fingerprint density at radius 3 is 2.85 bits per heavy atom. The minimum Gasteiger partial charge on any atom is -0.399 e. The van der Waals surface area contributed by atoms with Crippen LogP contribution in [0.25, 0.3) is 0 Å². The number of rotatable bonds is 3. The molecule has 1 aliphatic carbocycles. The summed E-state index contributed by atoms with van der Waals surface area (Å²) in [7, 11) is 0. The molecule has 3 rings (SSSR count). The molecule has 1 aliphatic rings. The number of nitrogens with two attached hydrogens (primary N) is 1. The molecule has 0 spiro atoms. The maximum atomic E-state index is 13.8. The molecule has 0 heterocycles. The van der Waals surface area contributed by atoms with E-state index in [0.717, 1.165) is 24.1 Å². The Morgan fingerprint density at radius 1 is 1.25 bits per heavy atom. The third-order valence-electron chi connectivity index (χ3n) is 4.07. The second-order valence-electron chi connectivity index (χ2n) is 5.46. The van der Waals surface area contributed by atoms with Gasteiger partial charge in [0.1, 0.15) is 5.82 Å². The van der Waals surface area contributed by atoms with Gasteiger partial charge in [-0.1, -0.05) is 24.3 Å². The minimum atomic E-state index is -0.150. The SMILES string of the molecule is C[C@@H](NC1CCc2cc(N)ccc21)c1ccccc1F. The van der Waals surface area contributed by atoms with E-state index in [4.69, 9.17) is 5.73 Å². The van der Waals surface area contributed by atoms with E-state index in [1.165, 1.54) is 17.2 Å². The van der Waals surface area contributed by atoms with E-state index >= 15 is 0 Å². The molecule has 104 valence electrons. The lowest BCUT2D eigenvalue weighted by Crippen LogP contribution is -2.23. The van der Waals surface area contributed by atoms with Gasteiger partial charge in [-0.25, -0.2) is 4.39 Å². The van der Waals surface area contributed by atoms with Gasteiger partial charge < -0.3 is 11.1 Å². The highest BCUT2D eigenvalue weighted by molar-refractivity contribution is 5.47. The lowest BCUT2D eigenvalue weighted by molar-refractivity contribution is 0.450. The number of aryl methyl sites for hydroxylation is 1. The van der Waals surface area contributed by atoms with Gasteiger partial charge in [-0.15, -0.1) is 0 Å². The summed E-state index contributed by atoms with van der Waals surface area (Å²) in [5.74, 6) is -0.150. The molecule has 0 radical (unpaired) electrons. The Kier molecular flexibility index (Phi) is 3.45. The zero-order valence-electron chi connectivity index (χ0n) is 11.6. The molecule has 20 heavy (non-hydrogen) atoms. The summed E-state index contributed by atoms with van der Waals surface area (Å²) in [6.07, 6.45) is 2.07. The predicted molar refractivity (Wildman–Crippen MR) is 79.9 cm³/mol. The molecule has 2 nitrogen and oxygen atoms in total. The average molecular weight is 270 g/mol. The van der Waals surface area contributed by atoms with Crippen molar-refractivity contribution < 1.29 is 4.39 Å². The molecule has 2 atom stereocenters. The maximum absolute atomic E-state index is 13.8. The summed E-state index contributed by atoms with van der Waals surface area (Å²) in [6, 6.07) is 13.3. The van der Waals surface area contributed by atoms with Gasteiger partial charge in [0.25, 0.3) is 0 Å². The van der Waals surface area contributed by atoms with Crippen LogP contribution in [0.15, 0.2) is 42.5 Å². The largest absolute Gasteiger partial charge is 0.399 e. The van der Waals surface area contributed by atoms with Crippen LogP contribution in [0.3, 0.4) is 0 Å². The summed E-state index contributed by atoms with van der Waals surface area (Å²) in [5, 5.41) is 3.53. The van der Waals surface area contributed by atoms with Gasteiger partial charge in [0.2, 0.25) is 0 Å². The van der Waals surface area contributed by atoms with E-state index in [2.05, 4.69) is 11.4 Å². The van der Waals surface area contributed by atoms with Crippen molar-refractivity contribution in [3.8, 4) is 0 Å². The molecule has 3 N–H and O–H groups in total. The molecule has 0 saturated carbocycles. The van der Waals surface area contributed by atoms with Crippen LogP contribution in [0, 0.1) is 5.82 Å². The molecule has 0 aromatic heterocycles. The highest BCUT2D eigenvalue weighted by Gasteiger charge is 2.24. The molecule has 2 aromatic rings. The first-order valence-corrected chi connectivity index (χ1v) is 7.04. The van der Waals surface area contributed by atoms with Crippen LogP contribution < -0.4 is 11.1 Å². The van der Waals surface area contributed by atoms with Gasteiger partial charge in [-0.3, -0.25) is 0 Å². The van der Waals surface area contributed by atoms with Crippen molar-refractivity contribution in [3.63, 3.8) is 0 Å². The van der Waals surface area contributed by atoms with E-state index in [0.29, 0.717) is 0 Å². The van der Waals surface area contributed by atoms with Crippen molar-refractivity contribution in [2.45, 2.75) is 31.8 Å². The highest BCUT2D eigenvalue weighted by atomic mass is 19.1. The van der Waals surface area contributed by atoms with Crippen molar-refractivity contribution >= 4 is 5.69 Å². The maximum Gasteiger partial charge on any atom is 0.127 e. The third-order valence-corrected chi connectivity index (χ3v) is 4.07. The first kappa shape index (κ1) is 13.1. The van der Waals surface area contributed by atoms with Gasteiger partial charge in [0.15, 0.2) is 0 Å². The molecule has 0 bridgehead atoms. The fourth-order valence-electron chi connectivity index (χ4n) is 3.03. The third kappa shape index (κ3) is 2.41. The molecule has 0 fully saturated rings.